The van der Waals surface area contributed by atoms with E-state index in [1.807, 2.05) is 54.3 Å². The standard InChI is InChI=1S/C24H21N3O2/c1-16-22-20(14-21(25-23(22)29-26-16)18-10-6-3-7-11-18)24(28)27-13-12-19(15-27)17-8-4-2-5-9-17/h2-11,14,19H,12-13,15H2,1H3. The quantitative estimate of drug-likeness (QED) is 0.508. The van der Waals surface area contributed by atoms with Crippen LogP contribution >= 0.6 is 0 Å². The lowest BCUT2D eigenvalue weighted by molar-refractivity contribution is 0.0792. The van der Waals surface area contributed by atoms with Gasteiger partial charge in [0.2, 0.25) is 0 Å². The van der Waals surface area contributed by atoms with Crippen LogP contribution in [0.5, 0.6) is 0 Å². The molecule has 144 valence electrons. The molecule has 1 aliphatic heterocycles. The number of carbonyl (C=O) groups is 1. The highest BCUT2D eigenvalue weighted by Crippen LogP contribution is 2.31. The van der Waals surface area contributed by atoms with Crippen molar-refractivity contribution >= 4 is 17.0 Å². The summed E-state index contributed by atoms with van der Waals surface area (Å²) in [5, 5.41) is 4.76. The minimum absolute atomic E-state index is 0.0133. The van der Waals surface area contributed by atoms with Crippen molar-refractivity contribution in [2.75, 3.05) is 13.1 Å². The molecule has 5 nitrogen and oxygen atoms in total. The summed E-state index contributed by atoms with van der Waals surface area (Å²) >= 11 is 0. The third-order valence-electron chi connectivity index (χ3n) is 5.66. The molecule has 0 spiro atoms. The first-order valence-electron chi connectivity index (χ1n) is 9.87. The second-order valence-electron chi connectivity index (χ2n) is 7.52. The third kappa shape index (κ3) is 3.18. The van der Waals surface area contributed by atoms with Gasteiger partial charge in [-0.2, -0.15) is 0 Å². The molecule has 2 aromatic carbocycles. The number of fused-ring (bicyclic) bond motifs is 1. The van der Waals surface area contributed by atoms with Gasteiger partial charge in [-0.25, -0.2) is 4.98 Å². The lowest BCUT2D eigenvalue weighted by Gasteiger charge is -2.18. The Morgan fingerprint density at radius 2 is 1.79 bits per heavy atom. The predicted octanol–water partition coefficient (Wildman–Crippen LogP) is 4.83. The number of amides is 1. The maximum Gasteiger partial charge on any atom is 0.259 e. The summed E-state index contributed by atoms with van der Waals surface area (Å²) in [5.41, 5.74) is 4.66. The average molecular weight is 383 g/mol. The maximum atomic E-state index is 13.5. The van der Waals surface area contributed by atoms with Crippen molar-refractivity contribution in [2.24, 2.45) is 0 Å². The van der Waals surface area contributed by atoms with E-state index in [4.69, 9.17) is 4.52 Å². The van der Waals surface area contributed by atoms with E-state index in [0.717, 1.165) is 30.8 Å². The van der Waals surface area contributed by atoms with Crippen molar-refractivity contribution in [3.63, 3.8) is 0 Å². The molecule has 0 aliphatic carbocycles. The van der Waals surface area contributed by atoms with Crippen molar-refractivity contribution in [1.82, 2.24) is 15.0 Å². The van der Waals surface area contributed by atoms with Gasteiger partial charge in [-0.05, 0) is 25.0 Å². The fourth-order valence-corrected chi connectivity index (χ4v) is 4.13. The molecule has 1 aliphatic rings. The van der Waals surface area contributed by atoms with Crippen LogP contribution in [0.1, 0.15) is 34.0 Å². The van der Waals surface area contributed by atoms with E-state index in [0.29, 0.717) is 28.3 Å². The smallest absolute Gasteiger partial charge is 0.259 e. The number of aromatic nitrogens is 2. The number of benzene rings is 2. The van der Waals surface area contributed by atoms with E-state index in [-0.39, 0.29) is 5.91 Å². The first-order valence-corrected chi connectivity index (χ1v) is 9.87. The minimum atomic E-state index is 0.0133. The Labute approximate surface area is 169 Å². The van der Waals surface area contributed by atoms with Gasteiger partial charge in [-0.1, -0.05) is 65.8 Å². The van der Waals surface area contributed by atoms with Gasteiger partial charge < -0.3 is 9.42 Å². The van der Waals surface area contributed by atoms with Gasteiger partial charge in [0.1, 0.15) is 0 Å². The molecule has 1 fully saturated rings. The van der Waals surface area contributed by atoms with Crippen molar-refractivity contribution in [1.29, 1.82) is 0 Å². The predicted molar refractivity (Wildman–Crippen MR) is 112 cm³/mol. The van der Waals surface area contributed by atoms with Crippen molar-refractivity contribution in [3.8, 4) is 11.3 Å². The molecule has 1 unspecified atom stereocenters. The maximum absolute atomic E-state index is 13.5. The number of carbonyl (C=O) groups excluding carboxylic acids is 1. The molecular weight excluding hydrogens is 362 g/mol. The van der Waals surface area contributed by atoms with Crippen LogP contribution in [0.15, 0.2) is 71.3 Å². The Kier molecular flexibility index (Phi) is 4.35. The molecule has 0 bridgehead atoms. The van der Waals surface area contributed by atoms with Gasteiger partial charge in [0, 0.05) is 24.6 Å². The lowest BCUT2D eigenvalue weighted by atomic mass is 9.99. The van der Waals surface area contributed by atoms with E-state index in [9.17, 15) is 4.79 Å². The molecule has 4 aromatic rings. The second-order valence-corrected chi connectivity index (χ2v) is 7.52. The Bertz CT molecular complexity index is 1170. The Balaban J connectivity index is 1.52. The van der Waals surface area contributed by atoms with E-state index >= 15 is 0 Å². The zero-order valence-electron chi connectivity index (χ0n) is 16.2. The van der Waals surface area contributed by atoms with Crippen molar-refractivity contribution in [2.45, 2.75) is 19.3 Å². The number of hydrogen-bond donors (Lipinski definition) is 0. The van der Waals surface area contributed by atoms with E-state index in [1.165, 1.54) is 5.56 Å². The van der Waals surface area contributed by atoms with Gasteiger partial charge in [0.05, 0.1) is 22.3 Å². The zero-order chi connectivity index (χ0) is 19.8. The lowest BCUT2D eigenvalue weighted by Crippen LogP contribution is -2.28. The molecule has 5 rings (SSSR count). The summed E-state index contributed by atoms with van der Waals surface area (Å²) in [4.78, 5) is 20.0. The van der Waals surface area contributed by atoms with Crippen LogP contribution in [0.3, 0.4) is 0 Å². The highest BCUT2D eigenvalue weighted by Gasteiger charge is 2.30. The second kappa shape index (κ2) is 7.17. The largest absolute Gasteiger partial charge is 0.338 e. The monoisotopic (exact) mass is 383 g/mol. The highest BCUT2D eigenvalue weighted by atomic mass is 16.5. The van der Waals surface area contributed by atoms with Gasteiger partial charge in [0.15, 0.2) is 0 Å². The first kappa shape index (κ1) is 17.6. The van der Waals surface area contributed by atoms with Gasteiger partial charge in [-0.15, -0.1) is 0 Å². The molecule has 5 heteroatoms. The Hall–Kier alpha value is -3.47. The fraction of sp³-hybridized carbons (Fsp3) is 0.208. The van der Waals surface area contributed by atoms with E-state index in [2.05, 4.69) is 34.4 Å². The molecule has 0 radical (unpaired) electrons. The van der Waals surface area contributed by atoms with Crippen LogP contribution in [0.2, 0.25) is 0 Å². The molecule has 29 heavy (non-hydrogen) atoms. The van der Waals surface area contributed by atoms with Crippen LogP contribution in [-0.4, -0.2) is 34.0 Å². The number of pyridine rings is 1. The van der Waals surface area contributed by atoms with Crippen LogP contribution in [-0.2, 0) is 0 Å². The van der Waals surface area contributed by atoms with Gasteiger partial charge in [-0.3, -0.25) is 4.79 Å². The third-order valence-corrected chi connectivity index (χ3v) is 5.66. The summed E-state index contributed by atoms with van der Waals surface area (Å²) < 4.78 is 5.42. The Morgan fingerprint density at radius 3 is 2.55 bits per heavy atom. The summed E-state index contributed by atoms with van der Waals surface area (Å²) in [5.74, 6) is 0.383. The minimum Gasteiger partial charge on any atom is -0.338 e. The summed E-state index contributed by atoms with van der Waals surface area (Å²) in [6.45, 7) is 3.31. The summed E-state index contributed by atoms with van der Waals surface area (Å²) in [6, 6.07) is 22.1. The average Bonchev–Trinajstić information content (AvgIpc) is 3.41. The molecule has 1 amide bonds. The van der Waals surface area contributed by atoms with Crippen LogP contribution in [0.4, 0.5) is 0 Å². The van der Waals surface area contributed by atoms with Gasteiger partial charge >= 0.3 is 0 Å². The van der Waals surface area contributed by atoms with Crippen LogP contribution in [0.25, 0.3) is 22.4 Å². The molecule has 1 atom stereocenters. The molecule has 3 heterocycles. The van der Waals surface area contributed by atoms with E-state index in [1.54, 1.807) is 0 Å². The fourth-order valence-electron chi connectivity index (χ4n) is 4.13. The number of nitrogens with zero attached hydrogens (tertiary/aromatic N) is 3. The number of hydrogen-bond acceptors (Lipinski definition) is 4. The van der Waals surface area contributed by atoms with Crippen molar-refractivity contribution < 1.29 is 9.32 Å². The number of aryl methyl sites for hydroxylation is 1. The molecule has 2 aromatic heterocycles. The van der Waals surface area contributed by atoms with Crippen molar-refractivity contribution in [3.05, 3.63) is 83.6 Å². The molecule has 0 saturated carbocycles. The van der Waals surface area contributed by atoms with Gasteiger partial charge in [0.25, 0.3) is 11.6 Å². The number of rotatable bonds is 3. The number of likely N-dealkylation sites (tertiary alicyclic amines) is 1. The van der Waals surface area contributed by atoms with Crippen LogP contribution < -0.4 is 0 Å². The molecular formula is C24H21N3O2. The SMILES string of the molecule is Cc1noc2nc(-c3ccccc3)cc(C(=O)N3CCC(c4ccccc4)C3)c12. The zero-order valence-corrected chi connectivity index (χ0v) is 16.2. The first-order chi connectivity index (χ1) is 14.2. The molecule has 1 saturated heterocycles. The Morgan fingerprint density at radius 1 is 1.07 bits per heavy atom. The summed E-state index contributed by atoms with van der Waals surface area (Å²) in [6.07, 6.45) is 0.970. The normalized spacial score (nSPS) is 16.4. The van der Waals surface area contributed by atoms with Crippen LogP contribution in [0, 0.1) is 6.92 Å². The molecule has 0 N–H and O–H groups in total. The highest BCUT2D eigenvalue weighted by molar-refractivity contribution is 6.07. The van der Waals surface area contributed by atoms with E-state index < -0.39 is 0 Å². The summed E-state index contributed by atoms with van der Waals surface area (Å²) in [7, 11) is 0. The topological polar surface area (TPSA) is 59.2 Å².